The van der Waals surface area contributed by atoms with Gasteiger partial charge in [-0.1, -0.05) is 44.4 Å². The predicted octanol–water partition coefficient (Wildman–Crippen LogP) is 3.69. The molecular formula is C18H12BrCl2N5O3. The van der Waals surface area contributed by atoms with Crippen molar-refractivity contribution in [3.8, 4) is 0 Å². The van der Waals surface area contributed by atoms with E-state index < -0.39 is 29.8 Å². The van der Waals surface area contributed by atoms with E-state index in [-0.39, 0.29) is 17.3 Å². The van der Waals surface area contributed by atoms with Gasteiger partial charge in [-0.2, -0.15) is 5.11 Å². The molecule has 11 heteroatoms. The highest BCUT2D eigenvalue weighted by atomic mass is 79.9. The number of nitrogens with zero attached hydrogens (tertiary/aromatic N) is 4. The third-order valence-electron chi connectivity index (χ3n) is 4.44. The van der Waals surface area contributed by atoms with Crippen LogP contribution in [0.3, 0.4) is 0 Å². The minimum atomic E-state index is -1.02. The van der Waals surface area contributed by atoms with Crippen molar-refractivity contribution in [2.45, 2.75) is 12.1 Å². The van der Waals surface area contributed by atoms with Gasteiger partial charge in [0.2, 0.25) is 5.91 Å². The molecule has 1 N–H and O–H groups in total. The molecule has 3 amide bonds. The fourth-order valence-corrected chi connectivity index (χ4v) is 3.89. The van der Waals surface area contributed by atoms with Crippen LogP contribution in [0.4, 0.5) is 11.4 Å². The van der Waals surface area contributed by atoms with Crippen molar-refractivity contribution in [2.75, 3.05) is 16.8 Å². The zero-order chi connectivity index (χ0) is 20.7. The first-order valence-electron chi connectivity index (χ1n) is 8.41. The Balaban J connectivity index is 1.50. The molecule has 2 heterocycles. The largest absolute Gasteiger partial charge is 0.324 e. The van der Waals surface area contributed by atoms with Gasteiger partial charge in [0, 0.05) is 15.2 Å². The lowest BCUT2D eigenvalue weighted by Crippen LogP contribution is -2.43. The first-order chi connectivity index (χ1) is 13.8. The Morgan fingerprint density at radius 1 is 1.10 bits per heavy atom. The number of halogens is 3. The van der Waals surface area contributed by atoms with E-state index in [4.69, 9.17) is 23.2 Å². The van der Waals surface area contributed by atoms with Gasteiger partial charge in [0.05, 0.1) is 10.7 Å². The van der Waals surface area contributed by atoms with Crippen LogP contribution >= 0.6 is 39.1 Å². The molecule has 148 valence electrons. The number of hydrogen-bond donors (Lipinski definition) is 1. The average Bonchev–Trinajstić information content (AvgIpc) is 3.18. The summed E-state index contributed by atoms with van der Waals surface area (Å²) in [6.45, 7) is -0.234. The molecule has 0 bridgehead atoms. The lowest BCUT2D eigenvalue weighted by atomic mass is 10.1. The molecule has 2 aliphatic heterocycles. The molecule has 0 saturated carbocycles. The second-order valence-electron chi connectivity index (χ2n) is 6.35. The molecule has 2 atom stereocenters. The Bertz CT molecular complexity index is 1050. The van der Waals surface area contributed by atoms with Gasteiger partial charge in [0.15, 0.2) is 12.1 Å². The van der Waals surface area contributed by atoms with E-state index in [9.17, 15) is 14.4 Å². The van der Waals surface area contributed by atoms with Gasteiger partial charge in [-0.25, -0.2) is 4.90 Å². The van der Waals surface area contributed by atoms with Crippen LogP contribution in [0.15, 0.2) is 57.3 Å². The maximum absolute atomic E-state index is 12.9. The predicted molar refractivity (Wildman–Crippen MR) is 111 cm³/mol. The van der Waals surface area contributed by atoms with Gasteiger partial charge in [0.25, 0.3) is 11.8 Å². The zero-order valence-electron chi connectivity index (χ0n) is 14.6. The maximum Gasteiger partial charge on any atom is 0.263 e. The standard InChI is InChI=1S/C18H12BrCl2N5O3/c19-9-1-4-11(5-2-9)22-14(27)8-25-16-15(23-24-25)17(28)26(18(16)29)13-6-3-10(20)7-12(13)21/h1-7,15-16H,8H2,(H,22,27)/t15-,16-/m1/s1. The number of fused-ring (bicyclic) bond motifs is 1. The maximum atomic E-state index is 12.9. The molecule has 2 aromatic carbocycles. The Hall–Kier alpha value is -2.49. The normalized spacial score (nSPS) is 20.4. The number of nitrogens with one attached hydrogen (secondary N) is 1. The summed E-state index contributed by atoms with van der Waals surface area (Å²) in [5.41, 5.74) is 0.809. The highest BCUT2D eigenvalue weighted by molar-refractivity contribution is 9.10. The van der Waals surface area contributed by atoms with Crippen LogP contribution in [0.25, 0.3) is 0 Å². The summed E-state index contributed by atoms with van der Waals surface area (Å²) < 4.78 is 0.878. The quantitative estimate of drug-likeness (QED) is 0.653. The Morgan fingerprint density at radius 3 is 2.52 bits per heavy atom. The van der Waals surface area contributed by atoms with Gasteiger partial charge in [-0.3, -0.25) is 19.4 Å². The molecule has 0 aromatic heterocycles. The SMILES string of the molecule is O=C(CN1N=N[C@H]2C(=O)N(c3ccc(Cl)cc3Cl)C(=O)[C@@H]21)Nc1ccc(Br)cc1. The molecule has 0 radical (unpaired) electrons. The number of imide groups is 1. The molecule has 4 rings (SSSR count). The average molecular weight is 497 g/mol. The summed E-state index contributed by atoms with van der Waals surface area (Å²) in [7, 11) is 0. The summed E-state index contributed by atoms with van der Waals surface area (Å²) in [4.78, 5) is 39.0. The van der Waals surface area contributed by atoms with Crippen molar-refractivity contribution in [3.63, 3.8) is 0 Å². The second-order valence-corrected chi connectivity index (χ2v) is 8.11. The fourth-order valence-electron chi connectivity index (χ4n) is 3.13. The van der Waals surface area contributed by atoms with Crippen molar-refractivity contribution >= 4 is 68.2 Å². The van der Waals surface area contributed by atoms with Crippen LogP contribution in [-0.4, -0.2) is 41.4 Å². The highest BCUT2D eigenvalue weighted by Gasteiger charge is 2.55. The molecule has 2 aromatic rings. The van der Waals surface area contributed by atoms with Crippen LogP contribution in [0.5, 0.6) is 0 Å². The first kappa shape index (κ1) is 19.8. The van der Waals surface area contributed by atoms with Crippen LogP contribution in [0, 0.1) is 0 Å². The van der Waals surface area contributed by atoms with Gasteiger partial charge >= 0.3 is 0 Å². The summed E-state index contributed by atoms with van der Waals surface area (Å²) in [5, 5.41) is 12.2. The fraction of sp³-hybridized carbons (Fsp3) is 0.167. The number of amides is 3. The Morgan fingerprint density at radius 2 is 1.83 bits per heavy atom. The van der Waals surface area contributed by atoms with Crippen molar-refractivity contribution in [3.05, 3.63) is 57.0 Å². The number of carbonyl (C=O) groups is 3. The minimum absolute atomic E-state index is 0.163. The monoisotopic (exact) mass is 495 g/mol. The summed E-state index contributed by atoms with van der Waals surface area (Å²) in [6.07, 6.45) is 0. The first-order valence-corrected chi connectivity index (χ1v) is 9.96. The number of carbonyl (C=O) groups excluding carboxylic acids is 3. The van der Waals surface area contributed by atoms with Crippen LogP contribution in [0.1, 0.15) is 0 Å². The zero-order valence-corrected chi connectivity index (χ0v) is 17.6. The molecule has 0 unspecified atom stereocenters. The summed E-state index contributed by atoms with van der Waals surface area (Å²) in [5.74, 6) is -1.50. The summed E-state index contributed by atoms with van der Waals surface area (Å²) >= 11 is 15.4. The molecular weight excluding hydrogens is 485 g/mol. The van der Waals surface area contributed by atoms with Gasteiger partial charge in [0.1, 0.15) is 6.54 Å². The van der Waals surface area contributed by atoms with Crippen LogP contribution < -0.4 is 10.2 Å². The lowest BCUT2D eigenvalue weighted by Gasteiger charge is -2.20. The second kappa shape index (κ2) is 7.74. The van der Waals surface area contributed by atoms with Gasteiger partial charge in [-0.15, -0.1) is 0 Å². The highest BCUT2D eigenvalue weighted by Crippen LogP contribution is 2.36. The molecule has 29 heavy (non-hydrogen) atoms. The van der Waals surface area contributed by atoms with E-state index in [2.05, 4.69) is 31.6 Å². The van der Waals surface area contributed by atoms with Gasteiger partial charge in [-0.05, 0) is 42.5 Å². The molecule has 0 aliphatic carbocycles. The smallest absolute Gasteiger partial charge is 0.263 e. The van der Waals surface area contributed by atoms with Crippen molar-refractivity contribution < 1.29 is 14.4 Å². The number of benzene rings is 2. The molecule has 1 fully saturated rings. The van der Waals surface area contributed by atoms with E-state index in [1.54, 1.807) is 24.3 Å². The molecule has 0 spiro atoms. The molecule has 1 saturated heterocycles. The molecule has 8 nitrogen and oxygen atoms in total. The van der Waals surface area contributed by atoms with Crippen LogP contribution in [-0.2, 0) is 14.4 Å². The molecule has 2 aliphatic rings. The summed E-state index contributed by atoms with van der Waals surface area (Å²) in [6, 6.07) is 9.47. The Kier molecular flexibility index (Phi) is 5.28. The Labute approximate surface area is 183 Å². The van der Waals surface area contributed by atoms with Gasteiger partial charge < -0.3 is 5.32 Å². The third-order valence-corrected chi connectivity index (χ3v) is 5.51. The van der Waals surface area contributed by atoms with E-state index in [1.165, 1.54) is 23.2 Å². The van der Waals surface area contributed by atoms with E-state index in [1.807, 2.05) is 0 Å². The van der Waals surface area contributed by atoms with E-state index >= 15 is 0 Å². The third kappa shape index (κ3) is 3.73. The number of anilines is 2. The van der Waals surface area contributed by atoms with Crippen molar-refractivity contribution in [2.24, 2.45) is 10.3 Å². The number of rotatable bonds is 4. The topological polar surface area (TPSA) is 94.4 Å². The number of hydrogen-bond acceptors (Lipinski definition) is 6. The van der Waals surface area contributed by atoms with Crippen LogP contribution in [0.2, 0.25) is 10.0 Å². The van der Waals surface area contributed by atoms with E-state index in [0.717, 1.165) is 9.37 Å². The van der Waals surface area contributed by atoms with Crippen molar-refractivity contribution in [1.82, 2.24) is 5.01 Å². The van der Waals surface area contributed by atoms with Crippen molar-refractivity contribution in [1.29, 1.82) is 0 Å². The lowest BCUT2D eigenvalue weighted by molar-refractivity contribution is -0.123. The van der Waals surface area contributed by atoms with E-state index in [0.29, 0.717) is 10.7 Å². The minimum Gasteiger partial charge on any atom is -0.324 e.